The molecule has 1 atom stereocenters. The van der Waals surface area contributed by atoms with Crippen LogP contribution < -0.4 is 0 Å². The van der Waals surface area contributed by atoms with Crippen LogP contribution in [0.25, 0.3) is 0 Å². The van der Waals surface area contributed by atoms with E-state index in [2.05, 4.69) is 0 Å². The Kier molecular flexibility index (Phi) is 5.12. The Hall–Kier alpha value is -1.46. The van der Waals surface area contributed by atoms with Crippen LogP contribution >= 0.6 is 0 Å². The first-order valence-electron chi connectivity index (χ1n) is 7.36. The van der Waals surface area contributed by atoms with Crippen molar-refractivity contribution in [2.24, 2.45) is 0 Å². The van der Waals surface area contributed by atoms with Crippen molar-refractivity contribution in [1.82, 2.24) is 9.80 Å². The number of ether oxygens (including phenoxy) is 2. The van der Waals surface area contributed by atoms with Gasteiger partial charge in [-0.15, -0.1) is 0 Å². The van der Waals surface area contributed by atoms with Gasteiger partial charge in [0.2, 0.25) is 0 Å². The Bertz CT molecular complexity index is 395. The normalized spacial score (nSPS) is 20.2. The van der Waals surface area contributed by atoms with Crippen LogP contribution in [0.1, 0.15) is 48.5 Å². The SMILES string of the molecule is C[C@H]1CN(C(=O)OC(C)(C)C)CCN1C(=O)OC(C)(C)C. The van der Waals surface area contributed by atoms with Gasteiger partial charge in [0.15, 0.2) is 0 Å². The standard InChI is InChI=1S/C15H28N2O4/c1-11-10-16(12(18)20-14(2,3)4)8-9-17(11)13(19)21-15(5,6)7/h11H,8-10H2,1-7H3/t11-/m0/s1. The first-order valence-corrected chi connectivity index (χ1v) is 7.36. The van der Waals surface area contributed by atoms with Crippen LogP contribution in [0.2, 0.25) is 0 Å². The topological polar surface area (TPSA) is 59.1 Å². The molecule has 1 rings (SSSR count). The number of hydrogen-bond acceptors (Lipinski definition) is 4. The second-order valence-electron chi connectivity index (χ2n) is 7.45. The predicted molar refractivity (Wildman–Crippen MR) is 80.2 cm³/mol. The lowest BCUT2D eigenvalue weighted by Gasteiger charge is -2.40. The van der Waals surface area contributed by atoms with Gasteiger partial charge >= 0.3 is 12.2 Å². The van der Waals surface area contributed by atoms with Crippen LogP contribution in [0.15, 0.2) is 0 Å². The summed E-state index contributed by atoms with van der Waals surface area (Å²) in [5.74, 6) is 0. The minimum Gasteiger partial charge on any atom is -0.444 e. The van der Waals surface area contributed by atoms with Crippen molar-refractivity contribution in [2.45, 2.75) is 65.7 Å². The lowest BCUT2D eigenvalue weighted by atomic mass is 10.2. The molecule has 1 heterocycles. The molecule has 122 valence electrons. The number of nitrogens with zero attached hydrogens (tertiary/aromatic N) is 2. The second kappa shape index (κ2) is 6.12. The van der Waals surface area contributed by atoms with Gasteiger partial charge in [-0.25, -0.2) is 9.59 Å². The maximum atomic E-state index is 12.1. The third kappa shape index (κ3) is 5.81. The van der Waals surface area contributed by atoms with Gasteiger partial charge in [-0.2, -0.15) is 0 Å². The highest BCUT2D eigenvalue weighted by atomic mass is 16.6. The first-order chi connectivity index (χ1) is 9.39. The molecule has 0 unspecified atom stereocenters. The van der Waals surface area contributed by atoms with E-state index in [1.54, 1.807) is 9.80 Å². The average molecular weight is 300 g/mol. The second-order valence-corrected chi connectivity index (χ2v) is 7.45. The molecule has 2 amide bonds. The van der Waals surface area contributed by atoms with E-state index in [1.807, 2.05) is 48.5 Å². The van der Waals surface area contributed by atoms with Gasteiger partial charge in [-0.05, 0) is 48.5 Å². The molecule has 0 bridgehead atoms. The molecule has 0 aromatic rings. The summed E-state index contributed by atoms with van der Waals surface area (Å²) < 4.78 is 10.7. The summed E-state index contributed by atoms with van der Waals surface area (Å²) in [6.45, 7) is 14.3. The van der Waals surface area contributed by atoms with Gasteiger partial charge in [-0.1, -0.05) is 0 Å². The molecule has 1 aliphatic heterocycles. The summed E-state index contributed by atoms with van der Waals surface area (Å²) >= 11 is 0. The van der Waals surface area contributed by atoms with E-state index in [-0.39, 0.29) is 18.2 Å². The van der Waals surface area contributed by atoms with Crippen LogP contribution in [0.4, 0.5) is 9.59 Å². The number of carbonyl (C=O) groups is 2. The number of carbonyl (C=O) groups excluding carboxylic acids is 2. The van der Waals surface area contributed by atoms with Crippen LogP contribution in [-0.4, -0.2) is 58.9 Å². The fourth-order valence-corrected chi connectivity index (χ4v) is 2.04. The number of rotatable bonds is 0. The van der Waals surface area contributed by atoms with Crippen LogP contribution in [-0.2, 0) is 9.47 Å². The van der Waals surface area contributed by atoms with E-state index in [9.17, 15) is 9.59 Å². The van der Waals surface area contributed by atoms with Gasteiger partial charge in [0.1, 0.15) is 11.2 Å². The number of hydrogen-bond donors (Lipinski definition) is 0. The van der Waals surface area contributed by atoms with E-state index in [1.165, 1.54) is 0 Å². The Balaban J connectivity index is 2.58. The van der Waals surface area contributed by atoms with Crippen molar-refractivity contribution >= 4 is 12.2 Å². The molecular weight excluding hydrogens is 272 g/mol. The summed E-state index contributed by atoms with van der Waals surface area (Å²) in [6, 6.07) is -0.0962. The Morgan fingerprint density at radius 2 is 1.38 bits per heavy atom. The number of amides is 2. The Labute approximate surface area is 127 Å². The predicted octanol–water partition coefficient (Wildman–Crippen LogP) is 2.86. The van der Waals surface area contributed by atoms with Crippen LogP contribution in [0.3, 0.4) is 0 Å². The highest BCUT2D eigenvalue weighted by molar-refractivity contribution is 5.71. The van der Waals surface area contributed by atoms with Gasteiger partial charge in [0, 0.05) is 19.6 Å². The van der Waals surface area contributed by atoms with E-state index in [4.69, 9.17) is 9.47 Å². The molecule has 0 aromatic heterocycles. The molecule has 0 N–H and O–H groups in total. The fourth-order valence-electron chi connectivity index (χ4n) is 2.04. The molecular formula is C15H28N2O4. The molecule has 0 aliphatic carbocycles. The molecule has 1 fully saturated rings. The van der Waals surface area contributed by atoms with Crippen molar-refractivity contribution < 1.29 is 19.1 Å². The minimum atomic E-state index is -0.515. The van der Waals surface area contributed by atoms with Gasteiger partial charge in [-0.3, -0.25) is 0 Å². The third-order valence-corrected chi connectivity index (χ3v) is 2.91. The zero-order valence-corrected chi connectivity index (χ0v) is 14.2. The molecule has 21 heavy (non-hydrogen) atoms. The van der Waals surface area contributed by atoms with Crippen LogP contribution in [0.5, 0.6) is 0 Å². The molecule has 1 aliphatic rings. The van der Waals surface area contributed by atoms with Crippen LogP contribution in [0, 0.1) is 0 Å². The fraction of sp³-hybridized carbons (Fsp3) is 0.867. The van der Waals surface area contributed by atoms with E-state index in [0.717, 1.165) is 0 Å². The van der Waals surface area contributed by atoms with Crippen molar-refractivity contribution in [1.29, 1.82) is 0 Å². The van der Waals surface area contributed by atoms with Crippen molar-refractivity contribution in [3.63, 3.8) is 0 Å². The lowest BCUT2D eigenvalue weighted by molar-refractivity contribution is -0.0122. The van der Waals surface area contributed by atoms with Gasteiger partial charge in [0.05, 0.1) is 6.04 Å². The van der Waals surface area contributed by atoms with Crippen molar-refractivity contribution in [2.75, 3.05) is 19.6 Å². The third-order valence-electron chi connectivity index (χ3n) is 2.91. The summed E-state index contributed by atoms with van der Waals surface area (Å²) in [5, 5.41) is 0. The Morgan fingerprint density at radius 1 is 0.905 bits per heavy atom. The number of piperazine rings is 1. The Morgan fingerprint density at radius 3 is 1.81 bits per heavy atom. The van der Waals surface area contributed by atoms with E-state index < -0.39 is 11.2 Å². The molecule has 6 heteroatoms. The van der Waals surface area contributed by atoms with Crippen molar-refractivity contribution in [3.8, 4) is 0 Å². The molecule has 0 radical (unpaired) electrons. The van der Waals surface area contributed by atoms with E-state index >= 15 is 0 Å². The monoisotopic (exact) mass is 300 g/mol. The average Bonchev–Trinajstić information content (AvgIpc) is 2.23. The maximum absolute atomic E-state index is 12.1. The molecule has 0 spiro atoms. The summed E-state index contributed by atoms with van der Waals surface area (Å²) in [4.78, 5) is 27.4. The van der Waals surface area contributed by atoms with Gasteiger partial charge < -0.3 is 19.3 Å². The molecule has 6 nitrogen and oxygen atoms in total. The van der Waals surface area contributed by atoms with E-state index in [0.29, 0.717) is 19.6 Å². The summed E-state index contributed by atoms with van der Waals surface area (Å²) in [6.07, 6.45) is -0.669. The molecule has 0 aromatic carbocycles. The smallest absolute Gasteiger partial charge is 0.410 e. The molecule has 1 saturated heterocycles. The minimum absolute atomic E-state index is 0.0962. The summed E-state index contributed by atoms with van der Waals surface area (Å²) in [5.41, 5.74) is -1.03. The lowest BCUT2D eigenvalue weighted by Crippen LogP contribution is -2.56. The zero-order valence-electron chi connectivity index (χ0n) is 14.2. The largest absolute Gasteiger partial charge is 0.444 e. The zero-order chi connectivity index (χ0) is 16.4. The first kappa shape index (κ1) is 17.6. The summed E-state index contributed by atoms with van der Waals surface area (Å²) in [7, 11) is 0. The van der Waals surface area contributed by atoms with Crippen molar-refractivity contribution in [3.05, 3.63) is 0 Å². The quantitative estimate of drug-likeness (QED) is 0.690. The highest BCUT2D eigenvalue weighted by Crippen LogP contribution is 2.17. The maximum Gasteiger partial charge on any atom is 0.410 e. The molecule has 0 saturated carbocycles. The van der Waals surface area contributed by atoms with Gasteiger partial charge in [0.25, 0.3) is 0 Å². The highest BCUT2D eigenvalue weighted by Gasteiger charge is 2.34.